The minimum atomic E-state index is -0.409. The van der Waals surface area contributed by atoms with Gasteiger partial charge in [-0.25, -0.2) is 0 Å². The van der Waals surface area contributed by atoms with E-state index in [1.54, 1.807) is 11.3 Å². The van der Waals surface area contributed by atoms with Crippen LogP contribution in [0.5, 0.6) is 0 Å². The standard InChI is InChI=1S/C11H16BrNO2S/c1-13-4-5-15-10(7-13)9(14)6-8-2-3-11(12)16-8/h2-3,9-10,14H,4-7H2,1H3. The first-order valence-electron chi connectivity index (χ1n) is 5.37. The molecule has 1 aromatic heterocycles. The number of aliphatic hydroxyl groups excluding tert-OH is 1. The number of nitrogens with zero attached hydrogens (tertiary/aromatic N) is 1. The monoisotopic (exact) mass is 305 g/mol. The summed E-state index contributed by atoms with van der Waals surface area (Å²) in [6.07, 6.45) is 0.210. The van der Waals surface area contributed by atoms with Crippen LogP contribution in [0.1, 0.15) is 4.88 Å². The molecule has 2 unspecified atom stereocenters. The van der Waals surface area contributed by atoms with Crippen LogP contribution in [0.2, 0.25) is 0 Å². The molecule has 90 valence electrons. The molecular weight excluding hydrogens is 290 g/mol. The third-order valence-corrected chi connectivity index (χ3v) is 4.41. The second-order valence-electron chi connectivity index (χ2n) is 4.15. The normalized spacial score (nSPS) is 24.6. The molecule has 0 spiro atoms. The number of halogens is 1. The van der Waals surface area contributed by atoms with Crippen molar-refractivity contribution in [3.63, 3.8) is 0 Å². The summed E-state index contributed by atoms with van der Waals surface area (Å²) >= 11 is 5.09. The average Bonchev–Trinajstić information content (AvgIpc) is 2.64. The van der Waals surface area contributed by atoms with E-state index in [0.29, 0.717) is 13.0 Å². The summed E-state index contributed by atoms with van der Waals surface area (Å²) in [5.74, 6) is 0. The van der Waals surface area contributed by atoms with E-state index in [4.69, 9.17) is 4.74 Å². The number of hydrogen-bond acceptors (Lipinski definition) is 4. The van der Waals surface area contributed by atoms with E-state index in [9.17, 15) is 5.11 Å². The maximum atomic E-state index is 10.1. The highest BCUT2D eigenvalue weighted by Gasteiger charge is 2.25. The fourth-order valence-corrected chi connectivity index (χ4v) is 3.38. The number of hydrogen-bond donors (Lipinski definition) is 1. The predicted octanol–water partition coefficient (Wildman–Crippen LogP) is 1.74. The molecule has 0 aromatic carbocycles. The molecule has 1 saturated heterocycles. The van der Waals surface area contributed by atoms with Crippen molar-refractivity contribution in [3.05, 3.63) is 20.8 Å². The summed E-state index contributed by atoms with van der Waals surface area (Å²) in [5, 5.41) is 10.1. The number of rotatable bonds is 3. The minimum absolute atomic E-state index is 0.0559. The van der Waals surface area contributed by atoms with E-state index < -0.39 is 6.10 Å². The van der Waals surface area contributed by atoms with Crippen LogP contribution in [0.15, 0.2) is 15.9 Å². The van der Waals surface area contributed by atoms with Crippen LogP contribution >= 0.6 is 27.3 Å². The Labute approximate surface area is 108 Å². The Balaban J connectivity index is 1.89. The van der Waals surface area contributed by atoms with E-state index >= 15 is 0 Å². The minimum Gasteiger partial charge on any atom is -0.390 e. The van der Waals surface area contributed by atoms with Gasteiger partial charge in [0, 0.05) is 24.4 Å². The molecule has 1 aliphatic rings. The van der Waals surface area contributed by atoms with Crippen LogP contribution in [-0.4, -0.2) is 49.0 Å². The Hall–Kier alpha value is 0.0600. The van der Waals surface area contributed by atoms with Crippen molar-refractivity contribution in [1.29, 1.82) is 0 Å². The highest BCUT2D eigenvalue weighted by atomic mass is 79.9. The van der Waals surface area contributed by atoms with Gasteiger partial charge in [-0.05, 0) is 35.1 Å². The summed E-state index contributed by atoms with van der Waals surface area (Å²) in [6.45, 7) is 2.48. The molecule has 1 fully saturated rings. The van der Waals surface area contributed by atoms with Crippen molar-refractivity contribution in [2.45, 2.75) is 18.6 Å². The number of thiophene rings is 1. The second kappa shape index (κ2) is 5.60. The molecule has 1 N–H and O–H groups in total. The number of aliphatic hydroxyl groups is 1. The van der Waals surface area contributed by atoms with Crippen LogP contribution in [0.25, 0.3) is 0 Å². The van der Waals surface area contributed by atoms with Crippen molar-refractivity contribution in [3.8, 4) is 0 Å². The molecule has 1 aromatic rings. The van der Waals surface area contributed by atoms with Crippen LogP contribution in [-0.2, 0) is 11.2 Å². The van der Waals surface area contributed by atoms with Crippen LogP contribution < -0.4 is 0 Å². The van der Waals surface area contributed by atoms with Gasteiger partial charge >= 0.3 is 0 Å². The number of likely N-dealkylation sites (N-methyl/N-ethyl adjacent to an activating group) is 1. The zero-order valence-corrected chi connectivity index (χ0v) is 11.6. The first-order valence-corrected chi connectivity index (χ1v) is 6.98. The first-order chi connectivity index (χ1) is 7.65. The van der Waals surface area contributed by atoms with Crippen LogP contribution in [0, 0.1) is 0 Å². The lowest BCUT2D eigenvalue weighted by Crippen LogP contribution is -2.46. The van der Waals surface area contributed by atoms with Gasteiger partial charge in [-0.1, -0.05) is 0 Å². The Morgan fingerprint density at radius 2 is 2.50 bits per heavy atom. The van der Waals surface area contributed by atoms with Gasteiger partial charge in [0.15, 0.2) is 0 Å². The molecule has 1 aliphatic heterocycles. The van der Waals surface area contributed by atoms with Crippen LogP contribution in [0.4, 0.5) is 0 Å². The van der Waals surface area contributed by atoms with E-state index in [2.05, 4.69) is 27.9 Å². The zero-order chi connectivity index (χ0) is 11.5. The molecule has 16 heavy (non-hydrogen) atoms. The lowest BCUT2D eigenvalue weighted by atomic mass is 10.1. The summed E-state index contributed by atoms with van der Waals surface area (Å²) < 4.78 is 6.70. The maximum Gasteiger partial charge on any atom is 0.0964 e. The quantitative estimate of drug-likeness (QED) is 0.923. The molecule has 0 bridgehead atoms. The van der Waals surface area contributed by atoms with E-state index in [-0.39, 0.29) is 6.10 Å². The van der Waals surface area contributed by atoms with Gasteiger partial charge < -0.3 is 14.7 Å². The smallest absolute Gasteiger partial charge is 0.0964 e. The van der Waals surface area contributed by atoms with Crippen molar-refractivity contribution in [2.75, 3.05) is 26.7 Å². The van der Waals surface area contributed by atoms with Crippen molar-refractivity contribution in [1.82, 2.24) is 4.90 Å². The Kier molecular flexibility index (Phi) is 4.38. The summed E-state index contributed by atoms with van der Waals surface area (Å²) in [6, 6.07) is 4.06. The lowest BCUT2D eigenvalue weighted by Gasteiger charge is -2.32. The summed E-state index contributed by atoms with van der Waals surface area (Å²) in [7, 11) is 2.06. The van der Waals surface area contributed by atoms with Crippen molar-refractivity contribution < 1.29 is 9.84 Å². The Morgan fingerprint density at radius 3 is 3.12 bits per heavy atom. The molecule has 0 amide bonds. The zero-order valence-electron chi connectivity index (χ0n) is 9.23. The molecule has 3 nitrogen and oxygen atoms in total. The Bertz CT molecular complexity index is 344. The number of morpholine rings is 1. The first kappa shape index (κ1) is 12.5. The third kappa shape index (κ3) is 3.28. The van der Waals surface area contributed by atoms with Gasteiger partial charge in [-0.2, -0.15) is 0 Å². The van der Waals surface area contributed by atoms with Gasteiger partial charge in [-0.3, -0.25) is 0 Å². The molecule has 2 atom stereocenters. The van der Waals surface area contributed by atoms with Gasteiger partial charge in [0.25, 0.3) is 0 Å². The molecule has 2 rings (SSSR count). The second-order valence-corrected chi connectivity index (χ2v) is 6.70. The highest BCUT2D eigenvalue weighted by molar-refractivity contribution is 9.11. The van der Waals surface area contributed by atoms with Gasteiger partial charge in [0.2, 0.25) is 0 Å². The van der Waals surface area contributed by atoms with Crippen LogP contribution in [0.3, 0.4) is 0 Å². The van der Waals surface area contributed by atoms with E-state index in [0.717, 1.165) is 16.9 Å². The largest absolute Gasteiger partial charge is 0.390 e. The average molecular weight is 306 g/mol. The molecule has 0 aliphatic carbocycles. The Morgan fingerprint density at radius 1 is 1.69 bits per heavy atom. The summed E-state index contributed by atoms with van der Waals surface area (Å²) in [4.78, 5) is 3.39. The van der Waals surface area contributed by atoms with Crippen molar-refractivity contribution >= 4 is 27.3 Å². The molecule has 5 heteroatoms. The van der Waals surface area contributed by atoms with E-state index in [1.165, 1.54) is 4.88 Å². The molecular formula is C11H16BrNO2S. The van der Waals surface area contributed by atoms with Crippen molar-refractivity contribution in [2.24, 2.45) is 0 Å². The topological polar surface area (TPSA) is 32.7 Å². The molecule has 0 saturated carbocycles. The summed E-state index contributed by atoms with van der Waals surface area (Å²) in [5.41, 5.74) is 0. The number of ether oxygens (including phenoxy) is 1. The fourth-order valence-electron chi connectivity index (χ4n) is 1.84. The molecule has 0 radical (unpaired) electrons. The maximum absolute atomic E-state index is 10.1. The molecule has 2 heterocycles. The SMILES string of the molecule is CN1CCOC(C(O)Cc2ccc(Br)s2)C1. The van der Waals surface area contributed by atoms with Gasteiger partial charge in [0.05, 0.1) is 22.6 Å². The van der Waals surface area contributed by atoms with Gasteiger partial charge in [-0.15, -0.1) is 11.3 Å². The lowest BCUT2D eigenvalue weighted by molar-refractivity contribution is -0.0821. The third-order valence-electron chi connectivity index (χ3n) is 2.76. The fraction of sp³-hybridized carbons (Fsp3) is 0.636. The highest BCUT2D eigenvalue weighted by Crippen LogP contribution is 2.24. The van der Waals surface area contributed by atoms with E-state index in [1.807, 2.05) is 12.1 Å². The van der Waals surface area contributed by atoms with Gasteiger partial charge in [0.1, 0.15) is 0 Å². The predicted molar refractivity (Wildman–Crippen MR) is 69.0 cm³/mol.